The number of rotatable bonds is 5. The quantitative estimate of drug-likeness (QED) is 0.485. The van der Waals surface area contributed by atoms with E-state index in [0.717, 1.165) is 0 Å². The molecular weight excluding hydrogens is 290 g/mol. The van der Waals surface area contributed by atoms with Crippen LogP contribution < -0.4 is 10.5 Å². The molecule has 1 atom stereocenters. The van der Waals surface area contributed by atoms with Crippen molar-refractivity contribution in [2.75, 3.05) is 0 Å². The average molecular weight is 307 g/mol. The van der Waals surface area contributed by atoms with Crippen LogP contribution in [0.4, 0.5) is 0 Å². The monoisotopic (exact) mass is 307 g/mol. The van der Waals surface area contributed by atoms with Crippen molar-refractivity contribution in [1.29, 1.82) is 5.41 Å². The van der Waals surface area contributed by atoms with Gasteiger partial charge in [-0.25, -0.2) is 8.42 Å². The summed E-state index contributed by atoms with van der Waals surface area (Å²) < 4.78 is 27.5. The Hall–Kier alpha value is -2.19. The molecule has 0 saturated heterocycles. The lowest BCUT2D eigenvalue weighted by molar-refractivity contribution is 0.575. The molecule has 21 heavy (non-hydrogen) atoms. The van der Waals surface area contributed by atoms with Crippen LogP contribution >= 0.6 is 0 Å². The lowest BCUT2D eigenvalue weighted by Crippen LogP contribution is -2.37. The van der Waals surface area contributed by atoms with Crippen LogP contribution in [-0.4, -0.2) is 24.5 Å². The summed E-state index contributed by atoms with van der Waals surface area (Å²) in [6, 6.07) is 7.83. The van der Waals surface area contributed by atoms with Crippen molar-refractivity contribution >= 4 is 15.9 Å². The molecule has 112 valence electrons. The van der Waals surface area contributed by atoms with E-state index in [2.05, 4.69) is 14.9 Å². The second-order valence-electron chi connectivity index (χ2n) is 4.68. The maximum Gasteiger partial charge on any atom is 0.245 e. The first-order valence-electron chi connectivity index (χ1n) is 6.25. The van der Waals surface area contributed by atoms with Gasteiger partial charge in [0.2, 0.25) is 10.0 Å². The number of nitrogens with zero attached hydrogens (tertiary/aromatic N) is 1. The van der Waals surface area contributed by atoms with Crippen molar-refractivity contribution < 1.29 is 8.42 Å². The second kappa shape index (κ2) is 5.66. The minimum absolute atomic E-state index is 0.0877. The van der Waals surface area contributed by atoms with E-state index in [4.69, 9.17) is 11.1 Å². The van der Waals surface area contributed by atoms with Crippen molar-refractivity contribution in [1.82, 2.24) is 14.9 Å². The fourth-order valence-corrected chi connectivity index (χ4v) is 3.68. The summed E-state index contributed by atoms with van der Waals surface area (Å²) >= 11 is 0. The van der Waals surface area contributed by atoms with Crippen molar-refractivity contribution in [2.24, 2.45) is 5.73 Å². The van der Waals surface area contributed by atoms with Crippen LogP contribution in [0.2, 0.25) is 0 Å². The number of H-pyrrole nitrogens is 1. The Morgan fingerprint density at radius 3 is 2.43 bits per heavy atom. The first-order valence-corrected chi connectivity index (χ1v) is 7.74. The predicted molar refractivity (Wildman–Crippen MR) is 79.5 cm³/mol. The average Bonchev–Trinajstić information content (AvgIpc) is 2.77. The Labute approximate surface area is 123 Å². The van der Waals surface area contributed by atoms with E-state index in [9.17, 15) is 8.42 Å². The molecule has 1 unspecified atom stereocenters. The first-order chi connectivity index (χ1) is 9.83. The van der Waals surface area contributed by atoms with Crippen LogP contribution in [0.3, 0.4) is 0 Å². The predicted octanol–water partition coefficient (Wildman–Crippen LogP) is 0.982. The third-order valence-electron chi connectivity index (χ3n) is 3.05. The third kappa shape index (κ3) is 3.11. The summed E-state index contributed by atoms with van der Waals surface area (Å²) in [5, 5.41) is 14.1. The summed E-state index contributed by atoms with van der Waals surface area (Å²) in [5.41, 5.74) is 6.95. The molecule has 1 heterocycles. The zero-order valence-electron chi connectivity index (χ0n) is 11.7. The standard InChI is InChI=1S/C13H17N5O2S/c1-8-12(9(2)17-16-8)21(19,20)18-11(13(14)15)10-6-4-3-5-7-10/h3-7,11,18H,1-2H3,(H3,14,15)(H,16,17). The van der Waals surface area contributed by atoms with Gasteiger partial charge < -0.3 is 5.73 Å². The van der Waals surface area contributed by atoms with Gasteiger partial charge in [0.15, 0.2) is 0 Å². The van der Waals surface area contributed by atoms with Gasteiger partial charge >= 0.3 is 0 Å². The molecule has 2 aromatic rings. The zero-order valence-corrected chi connectivity index (χ0v) is 12.5. The van der Waals surface area contributed by atoms with Crippen LogP contribution in [-0.2, 0) is 10.0 Å². The maximum absolute atomic E-state index is 12.5. The number of nitrogens with one attached hydrogen (secondary N) is 3. The Kier molecular flexibility index (Phi) is 4.10. The summed E-state index contributed by atoms with van der Waals surface area (Å²) in [5.74, 6) is -0.274. The molecule has 0 radical (unpaired) electrons. The minimum Gasteiger partial charge on any atom is -0.386 e. The minimum atomic E-state index is -3.84. The molecule has 5 N–H and O–H groups in total. The largest absolute Gasteiger partial charge is 0.386 e. The zero-order chi connectivity index (χ0) is 15.6. The lowest BCUT2D eigenvalue weighted by Gasteiger charge is -2.18. The second-order valence-corrected chi connectivity index (χ2v) is 6.33. The summed E-state index contributed by atoms with van der Waals surface area (Å²) in [7, 11) is -3.84. The Morgan fingerprint density at radius 2 is 1.95 bits per heavy atom. The van der Waals surface area contributed by atoms with Crippen molar-refractivity contribution in [3.8, 4) is 0 Å². The lowest BCUT2D eigenvalue weighted by atomic mass is 10.1. The van der Waals surface area contributed by atoms with E-state index in [1.54, 1.807) is 44.2 Å². The maximum atomic E-state index is 12.5. The number of aromatic nitrogens is 2. The number of aryl methyl sites for hydroxylation is 2. The molecule has 0 fully saturated rings. The van der Waals surface area contributed by atoms with Gasteiger partial charge in [-0.1, -0.05) is 30.3 Å². The summed E-state index contributed by atoms with van der Waals surface area (Å²) in [4.78, 5) is 0.0877. The molecule has 1 aromatic heterocycles. The number of hydrogen-bond donors (Lipinski definition) is 4. The molecule has 0 bridgehead atoms. The highest BCUT2D eigenvalue weighted by atomic mass is 32.2. The molecule has 0 aliphatic carbocycles. The first kappa shape index (κ1) is 15.2. The molecule has 2 rings (SSSR count). The van der Waals surface area contributed by atoms with Crippen LogP contribution in [0.1, 0.15) is 23.0 Å². The van der Waals surface area contributed by atoms with Gasteiger partial charge in [0.05, 0.1) is 11.4 Å². The van der Waals surface area contributed by atoms with Gasteiger partial charge in [-0.05, 0) is 19.4 Å². The molecule has 0 spiro atoms. The van der Waals surface area contributed by atoms with E-state index < -0.39 is 16.1 Å². The van der Waals surface area contributed by atoms with E-state index in [-0.39, 0.29) is 10.7 Å². The number of nitrogens with two attached hydrogens (primary N) is 1. The molecule has 0 amide bonds. The van der Waals surface area contributed by atoms with E-state index in [1.807, 2.05) is 0 Å². The molecule has 0 aliphatic rings. The molecule has 8 heteroatoms. The molecule has 0 saturated carbocycles. The number of sulfonamides is 1. The van der Waals surface area contributed by atoms with Gasteiger partial charge in [0.25, 0.3) is 0 Å². The van der Waals surface area contributed by atoms with Crippen molar-refractivity contribution in [3.63, 3.8) is 0 Å². The topological polar surface area (TPSA) is 125 Å². The molecule has 7 nitrogen and oxygen atoms in total. The summed E-state index contributed by atoms with van der Waals surface area (Å²) in [6.07, 6.45) is 0. The highest BCUT2D eigenvalue weighted by Crippen LogP contribution is 2.20. The van der Waals surface area contributed by atoms with Gasteiger partial charge in [-0.15, -0.1) is 0 Å². The Bertz CT molecular complexity index is 733. The van der Waals surface area contributed by atoms with Gasteiger partial charge in [-0.3, -0.25) is 10.5 Å². The fraction of sp³-hybridized carbons (Fsp3) is 0.231. The number of amidine groups is 1. The van der Waals surface area contributed by atoms with Crippen LogP contribution in [0.5, 0.6) is 0 Å². The van der Waals surface area contributed by atoms with Crippen molar-refractivity contribution in [2.45, 2.75) is 24.8 Å². The third-order valence-corrected chi connectivity index (χ3v) is 4.73. The smallest absolute Gasteiger partial charge is 0.245 e. The summed E-state index contributed by atoms with van der Waals surface area (Å²) in [6.45, 7) is 3.23. The van der Waals surface area contributed by atoms with Crippen LogP contribution in [0.25, 0.3) is 0 Å². The number of benzene rings is 1. The number of aromatic amines is 1. The Balaban J connectivity index is 2.40. The van der Waals surface area contributed by atoms with Gasteiger partial charge in [-0.2, -0.15) is 9.82 Å². The van der Waals surface area contributed by atoms with E-state index in [1.165, 1.54) is 0 Å². The highest BCUT2D eigenvalue weighted by molar-refractivity contribution is 7.89. The Morgan fingerprint density at radius 1 is 1.33 bits per heavy atom. The molecular formula is C13H17N5O2S. The number of hydrogen-bond acceptors (Lipinski definition) is 4. The van der Waals surface area contributed by atoms with Gasteiger partial charge in [0, 0.05) is 0 Å². The van der Waals surface area contributed by atoms with Crippen LogP contribution in [0.15, 0.2) is 35.2 Å². The van der Waals surface area contributed by atoms with E-state index >= 15 is 0 Å². The van der Waals surface area contributed by atoms with E-state index in [0.29, 0.717) is 17.0 Å². The van der Waals surface area contributed by atoms with Crippen LogP contribution in [0, 0.1) is 19.3 Å². The fourth-order valence-electron chi connectivity index (χ4n) is 2.11. The molecule has 1 aromatic carbocycles. The van der Waals surface area contributed by atoms with Gasteiger partial charge in [0.1, 0.15) is 16.8 Å². The SMILES string of the molecule is Cc1n[nH]c(C)c1S(=O)(=O)NC(C(=N)N)c1ccccc1. The normalized spacial score (nSPS) is 13.0. The highest BCUT2D eigenvalue weighted by Gasteiger charge is 2.27. The molecule has 0 aliphatic heterocycles. The van der Waals surface area contributed by atoms with Crippen molar-refractivity contribution in [3.05, 3.63) is 47.3 Å².